The molecule has 2 aromatic rings. The Hall–Kier alpha value is -2.17. The van der Waals surface area contributed by atoms with Crippen molar-refractivity contribution in [2.24, 2.45) is 0 Å². The molecule has 0 aliphatic rings. The summed E-state index contributed by atoms with van der Waals surface area (Å²) in [7, 11) is 3.29. The maximum atomic E-state index is 5.42. The van der Waals surface area contributed by atoms with Gasteiger partial charge >= 0.3 is 0 Å². The Morgan fingerprint density at radius 1 is 1.25 bits per heavy atom. The molecule has 1 N–H and O–H groups in total. The average Bonchev–Trinajstić information content (AvgIpc) is 2.84. The molecule has 0 saturated heterocycles. The smallest absolute Gasteiger partial charge is 0.165 e. The van der Waals surface area contributed by atoms with E-state index in [0.717, 1.165) is 35.1 Å². The van der Waals surface area contributed by atoms with Gasteiger partial charge in [0.1, 0.15) is 5.82 Å². The number of aromatic nitrogens is 2. The Morgan fingerprint density at radius 3 is 2.65 bits per heavy atom. The number of ether oxygens (including phenoxy) is 2. The first-order valence-electron chi connectivity index (χ1n) is 6.67. The molecular formula is C15H21N3O2. The van der Waals surface area contributed by atoms with Gasteiger partial charge in [0.25, 0.3) is 0 Å². The summed E-state index contributed by atoms with van der Waals surface area (Å²) in [5.74, 6) is 2.37. The second kappa shape index (κ2) is 6.32. The predicted molar refractivity (Wildman–Crippen MR) is 79.5 cm³/mol. The van der Waals surface area contributed by atoms with Crippen molar-refractivity contribution in [1.29, 1.82) is 0 Å². The lowest BCUT2D eigenvalue weighted by molar-refractivity contribution is 0.352. The highest BCUT2D eigenvalue weighted by Crippen LogP contribution is 2.31. The normalized spacial score (nSPS) is 10.4. The zero-order chi connectivity index (χ0) is 14.5. The van der Waals surface area contributed by atoms with Crippen LogP contribution in [0.25, 0.3) is 0 Å². The van der Waals surface area contributed by atoms with Crippen molar-refractivity contribution >= 4 is 5.82 Å². The van der Waals surface area contributed by atoms with E-state index in [1.54, 1.807) is 14.2 Å². The quantitative estimate of drug-likeness (QED) is 0.880. The second-order valence-electron chi connectivity index (χ2n) is 4.49. The van der Waals surface area contributed by atoms with E-state index in [1.807, 2.05) is 35.9 Å². The van der Waals surface area contributed by atoms with Crippen LogP contribution < -0.4 is 14.8 Å². The van der Waals surface area contributed by atoms with Crippen LogP contribution in [0.15, 0.2) is 24.3 Å². The molecule has 0 aliphatic heterocycles. The molecule has 0 aliphatic carbocycles. The number of methoxy groups -OCH3 is 2. The van der Waals surface area contributed by atoms with Crippen LogP contribution in [0, 0.1) is 6.92 Å². The van der Waals surface area contributed by atoms with Crippen LogP contribution >= 0.6 is 0 Å². The minimum atomic E-state index is 0.639. The Kier molecular flexibility index (Phi) is 4.50. The molecule has 0 bridgehead atoms. The van der Waals surface area contributed by atoms with Gasteiger partial charge in [-0.05, 0) is 19.9 Å². The maximum Gasteiger partial charge on any atom is 0.165 e. The number of anilines is 1. The largest absolute Gasteiger partial charge is 0.493 e. The molecule has 5 nitrogen and oxygen atoms in total. The van der Waals surface area contributed by atoms with Gasteiger partial charge in [-0.3, -0.25) is 4.68 Å². The minimum absolute atomic E-state index is 0.639. The number of nitrogens with one attached hydrogen (secondary N) is 1. The fourth-order valence-corrected chi connectivity index (χ4v) is 2.20. The van der Waals surface area contributed by atoms with E-state index in [1.165, 1.54) is 0 Å². The van der Waals surface area contributed by atoms with E-state index >= 15 is 0 Å². The van der Waals surface area contributed by atoms with Crippen molar-refractivity contribution in [2.45, 2.75) is 26.9 Å². The highest BCUT2D eigenvalue weighted by molar-refractivity contribution is 5.48. The first-order chi connectivity index (χ1) is 9.69. The molecule has 0 saturated carbocycles. The van der Waals surface area contributed by atoms with Crippen molar-refractivity contribution < 1.29 is 9.47 Å². The molecule has 5 heteroatoms. The molecule has 0 radical (unpaired) electrons. The van der Waals surface area contributed by atoms with Crippen LogP contribution in [0.3, 0.4) is 0 Å². The van der Waals surface area contributed by atoms with Crippen LogP contribution in [0.1, 0.15) is 18.2 Å². The van der Waals surface area contributed by atoms with Crippen molar-refractivity contribution in [2.75, 3.05) is 19.5 Å². The third-order valence-corrected chi connectivity index (χ3v) is 3.23. The van der Waals surface area contributed by atoms with Gasteiger partial charge in [0.2, 0.25) is 0 Å². The van der Waals surface area contributed by atoms with Crippen LogP contribution in [0.5, 0.6) is 11.5 Å². The lowest BCUT2D eigenvalue weighted by Crippen LogP contribution is -2.04. The molecule has 2 rings (SSSR count). The number of hydrogen-bond donors (Lipinski definition) is 1. The van der Waals surface area contributed by atoms with Crippen molar-refractivity contribution in [3.63, 3.8) is 0 Å². The molecule has 1 heterocycles. The Balaban J connectivity index is 2.14. The van der Waals surface area contributed by atoms with Crippen molar-refractivity contribution in [1.82, 2.24) is 9.78 Å². The molecule has 0 amide bonds. The van der Waals surface area contributed by atoms with Crippen molar-refractivity contribution in [3.05, 3.63) is 35.5 Å². The SMILES string of the molecule is CCn1nc(NCc2cccc(OC)c2OC)cc1C. The van der Waals surface area contributed by atoms with Crippen molar-refractivity contribution in [3.8, 4) is 11.5 Å². The number of aryl methyl sites for hydroxylation is 2. The molecule has 108 valence electrons. The van der Waals surface area contributed by atoms with Gasteiger partial charge in [0.05, 0.1) is 14.2 Å². The standard InChI is InChI=1S/C15H21N3O2/c1-5-18-11(2)9-14(17-18)16-10-12-7-6-8-13(19-3)15(12)20-4/h6-9H,5,10H2,1-4H3,(H,16,17). The number of nitrogens with zero attached hydrogens (tertiary/aromatic N) is 2. The summed E-state index contributed by atoms with van der Waals surface area (Å²) in [5.41, 5.74) is 2.18. The van der Waals surface area contributed by atoms with Gasteiger partial charge in [-0.1, -0.05) is 12.1 Å². The summed E-state index contributed by atoms with van der Waals surface area (Å²) >= 11 is 0. The molecule has 1 aromatic heterocycles. The van der Waals surface area contributed by atoms with Crippen LogP contribution in [-0.2, 0) is 13.1 Å². The number of hydrogen-bond acceptors (Lipinski definition) is 4. The fraction of sp³-hybridized carbons (Fsp3) is 0.400. The van der Waals surface area contributed by atoms with Crippen LogP contribution in [0.4, 0.5) is 5.82 Å². The zero-order valence-corrected chi connectivity index (χ0v) is 12.4. The molecule has 0 spiro atoms. The van der Waals surface area contributed by atoms with Gasteiger partial charge in [-0.2, -0.15) is 5.10 Å². The second-order valence-corrected chi connectivity index (χ2v) is 4.49. The van der Waals surface area contributed by atoms with Crippen LogP contribution in [-0.4, -0.2) is 24.0 Å². The molecule has 0 atom stereocenters. The topological polar surface area (TPSA) is 48.3 Å². The summed E-state index contributed by atoms with van der Waals surface area (Å²) in [6.07, 6.45) is 0. The van der Waals surface area contributed by atoms with Gasteiger partial charge < -0.3 is 14.8 Å². The molecule has 1 aromatic carbocycles. The molecular weight excluding hydrogens is 254 g/mol. The molecule has 20 heavy (non-hydrogen) atoms. The fourth-order valence-electron chi connectivity index (χ4n) is 2.20. The van der Waals surface area contributed by atoms with E-state index in [4.69, 9.17) is 9.47 Å². The Labute approximate surface area is 119 Å². The third-order valence-electron chi connectivity index (χ3n) is 3.23. The van der Waals surface area contributed by atoms with Gasteiger partial charge in [-0.25, -0.2) is 0 Å². The van der Waals surface area contributed by atoms with E-state index in [2.05, 4.69) is 17.3 Å². The predicted octanol–water partition coefficient (Wildman–Crippen LogP) is 2.84. The monoisotopic (exact) mass is 275 g/mol. The number of rotatable bonds is 6. The summed E-state index contributed by atoms with van der Waals surface area (Å²) in [5, 5.41) is 7.79. The van der Waals surface area contributed by atoms with E-state index < -0.39 is 0 Å². The lowest BCUT2D eigenvalue weighted by Gasteiger charge is -2.12. The number of para-hydroxylation sites is 1. The van der Waals surface area contributed by atoms with Gasteiger partial charge in [-0.15, -0.1) is 0 Å². The first-order valence-corrected chi connectivity index (χ1v) is 6.67. The molecule has 0 unspecified atom stereocenters. The third kappa shape index (κ3) is 2.87. The van der Waals surface area contributed by atoms with Gasteiger partial charge in [0, 0.05) is 30.4 Å². The average molecular weight is 275 g/mol. The zero-order valence-electron chi connectivity index (χ0n) is 12.4. The van der Waals surface area contributed by atoms with E-state index in [-0.39, 0.29) is 0 Å². The van der Waals surface area contributed by atoms with E-state index in [0.29, 0.717) is 6.54 Å². The summed E-state index contributed by atoms with van der Waals surface area (Å²) in [6, 6.07) is 7.89. The summed E-state index contributed by atoms with van der Waals surface area (Å²) in [6.45, 7) is 5.64. The molecule has 0 fully saturated rings. The van der Waals surface area contributed by atoms with Gasteiger partial charge in [0.15, 0.2) is 11.5 Å². The van der Waals surface area contributed by atoms with Crippen LogP contribution in [0.2, 0.25) is 0 Å². The first kappa shape index (κ1) is 14.2. The minimum Gasteiger partial charge on any atom is -0.493 e. The Morgan fingerprint density at radius 2 is 2.05 bits per heavy atom. The maximum absolute atomic E-state index is 5.42. The Bertz CT molecular complexity index is 578. The summed E-state index contributed by atoms with van der Waals surface area (Å²) in [4.78, 5) is 0. The lowest BCUT2D eigenvalue weighted by atomic mass is 10.2. The highest BCUT2D eigenvalue weighted by atomic mass is 16.5. The van der Waals surface area contributed by atoms with E-state index in [9.17, 15) is 0 Å². The number of benzene rings is 1. The summed E-state index contributed by atoms with van der Waals surface area (Å²) < 4.78 is 12.7. The highest BCUT2D eigenvalue weighted by Gasteiger charge is 2.10.